The van der Waals surface area contributed by atoms with Crippen molar-refractivity contribution in [2.24, 2.45) is 0 Å². The number of alkyl halides is 4. The molecule has 0 fully saturated rings. The zero-order chi connectivity index (χ0) is 14.0. The highest BCUT2D eigenvalue weighted by molar-refractivity contribution is 7.09. The molecule has 0 spiro atoms. The van der Waals surface area contributed by atoms with Gasteiger partial charge in [0.15, 0.2) is 0 Å². The van der Waals surface area contributed by atoms with Crippen LogP contribution in [0.3, 0.4) is 0 Å². The van der Waals surface area contributed by atoms with Crippen LogP contribution in [0.25, 0.3) is 0 Å². The second kappa shape index (κ2) is 5.51. The third-order valence-electron chi connectivity index (χ3n) is 2.62. The Morgan fingerprint density at radius 1 is 1.21 bits per heavy atom. The minimum atomic E-state index is -4.50. The van der Waals surface area contributed by atoms with Gasteiger partial charge < -0.3 is 0 Å². The van der Waals surface area contributed by atoms with Gasteiger partial charge in [-0.1, -0.05) is 6.07 Å². The fourth-order valence-electron chi connectivity index (χ4n) is 1.68. The maximum absolute atomic E-state index is 13.6. The van der Waals surface area contributed by atoms with E-state index in [-0.39, 0.29) is 5.56 Å². The summed E-state index contributed by atoms with van der Waals surface area (Å²) in [6, 6.07) is 5.92. The topological polar surface area (TPSA) is 0 Å². The highest BCUT2D eigenvalue weighted by Gasteiger charge is 2.31. The highest BCUT2D eigenvalue weighted by atomic mass is 35.5. The molecule has 2 aromatic rings. The van der Waals surface area contributed by atoms with Gasteiger partial charge >= 0.3 is 6.18 Å². The minimum Gasteiger partial charge on any atom is -0.207 e. The first-order valence-corrected chi connectivity index (χ1v) is 6.72. The van der Waals surface area contributed by atoms with E-state index in [0.717, 1.165) is 17.0 Å². The van der Waals surface area contributed by atoms with Crippen LogP contribution < -0.4 is 0 Å². The Morgan fingerprint density at radius 2 is 1.95 bits per heavy atom. The molecule has 0 aliphatic carbocycles. The van der Waals surface area contributed by atoms with Crippen LogP contribution in [0.5, 0.6) is 0 Å². The molecule has 19 heavy (non-hydrogen) atoms. The highest BCUT2D eigenvalue weighted by Crippen LogP contribution is 2.35. The summed E-state index contributed by atoms with van der Waals surface area (Å²) in [4.78, 5) is 0.900. The van der Waals surface area contributed by atoms with Crippen LogP contribution in [0.15, 0.2) is 35.7 Å². The molecule has 2 rings (SSSR count). The van der Waals surface area contributed by atoms with Gasteiger partial charge in [-0.15, -0.1) is 22.9 Å². The SMILES string of the molecule is Fc1ccc(C(F)(F)F)cc1C(Cl)Cc1cccs1. The summed E-state index contributed by atoms with van der Waals surface area (Å²) < 4.78 is 51.3. The van der Waals surface area contributed by atoms with Gasteiger partial charge in [0.25, 0.3) is 0 Å². The van der Waals surface area contributed by atoms with Crippen LogP contribution in [0.1, 0.15) is 21.4 Å². The molecule has 1 heterocycles. The van der Waals surface area contributed by atoms with E-state index in [0.29, 0.717) is 12.5 Å². The molecule has 0 saturated carbocycles. The lowest BCUT2D eigenvalue weighted by Crippen LogP contribution is -2.07. The molecule has 0 aliphatic rings. The number of hydrogen-bond donors (Lipinski definition) is 0. The Bertz CT molecular complexity index is 548. The smallest absolute Gasteiger partial charge is 0.207 e. The lowest BCUT2D eigenvalue weighted by molar-refractivity contribution is -0.137. The average Bonchev–Trinajstić information content (AvgIpc) is 2.80. The van der Waals surface area contributed by atoms with E-state index in [9.17, 15) is 17.6 Å². The molecule has 0 nitrogen and oxygen atoms in total. The van der Waals surface area contributed by atoms with Crippen LogP contribution in [0.2, 0.25) is 0 Å². The first-order chi connectivity index (χ1) is 8.88. The first kappa shape index (κ1) is 14.3. The van der Waals surface area contributed by atoms with Crippen molar-refractivity contribution in [3.05, 3.63) is 57.5 Å². The Hall–Kier alpha value is -1.07. The number of thiophene rings is 1. The van der Waals surface area contributed by atoms with Gasteiger partial charge in [-0.05, 0) is 29.6 Å². The molecule has 1 aromatic carbocycles. The van der Waals surface area contributed by atoms with Crippen LogP contribution in [0.4, 0.5) is 17.6 Å². The molecule has 1 atom stereocenters. The zero-order valence-electron chi connectivity index (χ0n) is 9.55. The summed E-state index contributed by atoms with van der Waals surface area (Å²) in [5, 5.41) is 1.02. The van der Waals surface area contributed by atoms with E-state index in [2.05, 4.69) is 0 Å². The fourth-order valence-corrected chi connectivity index (χ4v) is 2.85. The number of benzene rings is 1. The minimum absolute atomic E-state index is 0.120. The maximum atomic E-state index is 13.6. The summed E-state index contributed by atoms with van der Waals surface area (Å²) in [6.45, 7) is 0. The van der Waals surface area contributed by atoms with Gasteiger partial charge in [0.1, 0.15) is 5.82 Å². The van der Waals surface area contributed by atoms with Crippen LogP contribution in [0, 0.1) is 5.82 Å². The molecule has 102 valence electrons. The molecule has 1 aromatic heterocycles. The van der Waals surface area contributed by atoms with Crippen molar-refractivity contribution in [2.75, 3.05) is 0 Å². The predicted molar refractivity (Wildman–Crippen MR) is 68.0 cm³/mol. The van der Waals surface area contributed by atoms with Gasteiger partial charge in [0, 0.05) is 16.9 Å². The number of hydrogen-bond acceptors (Lipinski definition) is 1. The molecule has 0 radical (unpaired) electrons. The van der Waals surface area contributed by atoms with E-state index in [1.165, 1.54) is 11.3 Å². The second-order valence-electron chi connectivity index (χ2n) is 3.99. The molecule has 1 unspecified atom stereocenters. The molecule has 0 N–H and O–H groups in total. The molecule has 0 amide bonds. The standard InChI is InChI=1S/C13H9ClF4S/c14-11(7-9-2-1-5-19-9)10-6-8(13(16,17)18)3-4-12(10)15/h1-6,11H,7H2. The summed E-state index contributed by atoms with van der Waals surface area (Å²) in [7, 11) is 0. The first-order valence-electron chi connectivity index (χ1n) is 5.41. The van der Waals surface area contributed by atoms with Crippen LogP contribution in [-0.4, -0.2) is 0 Å². The molecule has 0 bridgehead atoms. The summed E-state index contributed by atoms with van der Waals surface area (Å²) in [6.07, 6.45) is -4.19. The second-order valence-corrected chi connectivity index (χ2v) is 5.54. The summed E-state index contributed by atoms with van der Waals surface area (Å²) in [5.41, 5.74) is -1.01. The normalized spacial score (nSPS) is 13.5. The molecule has 0 aliphatic heterocycles. The summed E-state index contributed by atoms with van der Waals surface area (Å²) >= 11 is 7.46. The Kier molecular flexibility index (Phi) is 4.16. The monoisotopic (exact) mass is 308 g/mol. The quantitative estimate of drug-likeness (QED) is 0.524. The van der Waals surface area contributed by atoms with E-state index < -0.39 is 22.9 Å². The summed E-state index contributed by atoms with van der Waals surface area (Å²) in [5.74, 6) is -0.718. The lowest BCUT2D eigenvalue weighted by Gasteiger charge is -2.13. The van der Waals surface area contributed by atoms with Gasteiger partial charge in [-0.3, -0.25) is 0 Å². The fraction of sp³-hybridized carbons (Fsp3) is 0.231. The zero-order valence-corrected chi connectivity index (χ0v) is 11.1. The number of halogens is 5. The van der Waals surface area contributed by atoms with Crippen molar-refractivity contribution in [1.29, 1.82) is 0 Å². The van der Waals surface area contributed by atoms with Crippen LogP contribution >= 0.6 is 22.9 Å². The van der Waals surface area contributed by atoms with Gasteiger partial charge in [-0.25, -0.2) is 4.39 Å². The molecule has 6 heteroatoms. The van der Waals surface area contributed by atoms with Crippen LogP contribution in [-0.2, 0) is 12.6 Å². The van der Waals surface area contributed by atoms with Crippen molar-refractivity contribution >= 4 is 22.9 Å². The van der Waals surface area contributed by atoms with Gasteiger partial charge in [0.05, 0.1) is 10.9 Å². The van der Waals surface area contributed by atoms with E-state index in [1.54, 1.807) is 0 Å². The Labute approximate surface area is 116 Å². The van der Waals surface area contributed by atoms with Gasteiger partial charge in [0.2, 0.25) is 0 Å². The van der Waals surface area contributed by atoms with Crippen molar-refractivity contribution in [3.8, 4) is 0 Å². The average molecular weight is 309 g/mol. The molecular weight excluding hydrogens is 300 g/mol. The van der Waals surface area contributed by atoms with Crippen molar-refractivity contribution < 1.29 is 17.6 Å². The van der Waals surface area contributed by atoms with E-state index in [1.807, 2.05) is 17.5 Å². The van der Waals surface area contributed by atoms with Crippen molar-refractivity contribution in [3.63, 3.8) is 0 Å². The largest absolute Gasteiger partial charge is 0.416 e. The van der Waals surface area contributed by atoms with Gasteiger partial charge in [-0.2, -0.15) is 13.2 Å². The molecular formula is C13H9ClF4S. The third kappa shape index (κ3) is 3.48. The Morgan fingerprint density at radius 3 is 2.53 bits per heavy atom. The van der Waals surface area contributed by atoms with E-state index in [4.69, 9.17) is 11.6 Å². The van der Waals surface area contributed by atoms with E-state index >= 15 is 0 Å². The van der Waals surface area contributed by atoms with Crippen molar-refractivity contribution in [2.45, 2.75) is 18.0 Å². The maximum Gasteiger partial charge on any atom is 0.416 e. The molecule has 0 saturated heterocycles. The van der Waals surface area contributed by atoms with Crippen molar-refractivity contribution in [1.82, 2.24) is 0 Å². The Balaban J connectivity index is 2.28. The number of rotatable bonds is 3. The third-order valence-corrected chi connectivity index (χ3v) is 3.91. The predicted octanol–water partition coefficient (Wildman–Crippen LogP) is 5.43. The lowest BCUT2D eigenvalue weighted by atomic mass is 10.0.